The smallest absolute Gasteiger partial charge is 0.267 e. The molecule has 0 radical (unpaired) electrons. The van der Waals surface area contributed by atoms with Gasteiger partial charge in [0.1, 0.15) is 5.82 Å². The van der Waals surface area contributed by atoms with Gasteiger partial charge in [-0.05, 0) is 19.1 Å². The van der Waals surface area contributed by atoms with Crippen LogP contribution in [0.2, 0.25) is 0 Å². The van der Waals surface area contributed by atoms with Crippen LogP contribution in [0.4, 0.5) is 19.0 Å². The highest BCUT2D eigenvalue weighted by atomic mass is 32.2. The number of hydrogen-bond donors (Lipinski definition) is 1. The van der Waals surface area contributed by atoms with Gasteiger partial charge in [-0.25, -0.2) is 13.4 Å². The lowest BCUT2D eigenvalue weighted by molar-refractivity contribution is -0.137. The Labute approximate surface area is 90.6 Å². The van der Waals surface area contributed by atoms with E-state index in [9.17, 15) is 21.6 Å². The second-order valence-electron chi connectivity index (χ2n) is 2.94. The Hall–Kier alpha value is -1.31. The van der Waals surface area contributed by atoms with Crippen molar-refractivity contribution in [2.75, 3.05) is 10.5 Å². The fourth-order valence-electron chi connectivity index (χ4n) is 0.853. The molecule has 0 amide bonds. The van der Waals surface area contributed by atoms with E-state index in [4.69, 9.17) is 0 Å². The molecule has 0 saturated heterocycles. The zero-order chi connectivity index (χ0) is 12.4. The van der Waals surface area contributed by atoms with Crippen LogP contribution < -0.4 is 4.72 Å². The lowest BCUT2D eigenvalue weighted by Gasteiger charge is -2.08. The zero-order valence-corrected chi connectivity index (χ0v) is 9.06. The quantitative estimate of drug-likeness (QED) is 0.895. The van der Waals surface area contributed by atoms with Crippen molar-refractivity contribution in [3.05, 3.63) is 23.9 Å². The number of halogens is 3. The summed E-state index contributed by atoms with van der Waals surface area (Å²) in [5.74, 6) is -0.301. The molecular formula is C8H9F3N2O2S. The first kappa shape index (κ1) is 12.8. The summed E-state index contributed by atoms with van der Waals surface area (Å²) in [5, 5.41) is 0. The van der Waals surface area contributed by atoms with E-state index in [1.807, 2.05) is 4.72 Å². The van der Waals surface area contributed by atoms with Crippen LogP contribution in [0.5, 0.6) is 0 Å². The number of hydrogen-bond acceptors (Lipinski definition) is 3. The van der Waals surface area contributed by atoms with E-state index < -0.39 is 21.8 Å². The predicted molar refractivity (Wildman–Crippen MR) is 52.3 cm³/mol. The van der Waals surface area contributed by atoms with Gasteiger partial charge in [-0.3, -0.25) is 4.72 Å². The molecule has 0 aliphatic heterocycles. The molecule has 90 valence electrons. The van der Waals surface area contributed by atoms with E-state index in [-0.39, 0.29) is 11.6 Å². The summed E-state index contributed by atoms with van der Waals surface area (Å²) < 4.78 is 60.6. The highest BCUT2D eigenvalue weighted by molar-refractivity contribution is 7.92. The molecule has 1 aromatic heterocycles. The van der Waals surface area contributed by atoms with Gasteiger partial charge in [0.25, 0.3) is 0 Å². The molecule has 1 heterocycles. The number of anilines is 1. The first-order valence-corrected chi connectivity index (χ1v) is 5.93. The van der Waals surface area contributed by atoms with Gasteiger partial charge in [0.15, 0.2) is 0 Å². The molecule has 16 heavy (non-hydrogen) atoms. The van der Waals surface area contributed by atoms with Crippen molar-refractivity contribution in [1.29, 1.82) is 0 Å². The van der Waals surface area contributed by atoms with Crippen molar-refractivity contribution in [3.63, 3.8) is 0 Å². The minimum Gasteiger partial charge on any atom is -0.267 e. The summed E-state index contributed by atoms with van der Waals surface area (Å²) in [6.07, 6.45) is -3.90. The molecule has 8 heteroatoms. The number of nitrogens with zero attached hydrogens (tertiary/aromatic N) is 1. The Kier molecular flexibility index (Phi) is 3.41. The number of rotatable bonds is 3. The summed E-state index contributed by atoms with van der Waals surface area (Å²) >= 11 is 0. The minimum absolute atomic E-state index is 0.130. The molecule has 0 unspecified atom stereocenters. The molecule has 0 aliphatic carbocycles. The van der Waals surface area contributed by atoms with E-state index in [2.05, 4.69) is 4.98 Å². The van der Waals surface area contributed by atoms with Gasteiger partial charge >= 0.3 is 6.18 Å². The third-order valence-corrected chi connectivity index (χ3v) is 3.01. The fourth-order valence-corrected chi connectivity index (χ4v) is 1.44. The minimum atomic E-state index is -4.48. The number of pyridine rings is 1. The fraction of sp³-hybridized carbons (Fsp3) is 0.375. The Balaban J connectivity index is 2.89. The zero-order valence-electron chi connectivity index (χ0n) is 8.25. The van der Waals surface area contributed by atoms with Crippen LogP contribution in [0.25, 0.3) is 0 Å². The number of aromatic nitrogens is 1. The molecule has 0 bridgehead atoms. The molecule has 0 aromatic carbocycles. The summed E-state index contributed by atoms with van der Waals surface area (Å²) in [6.45, 7) is 1.41. The third kappa shape index (κ3) is 3.37. The van der Waals surface area contributed by atoms with Gasteiger partial charge in [0.05, 0.1) is 11.3 Å². The van der Waals surface area contributed by atoms with E-state index in [1.54, 1.807) is 0 Å². The van der Waals surface area contributed by atoms with Crippen molar-refractivity contribution in [2.24, 2.45) is 0 Å². The molecule has 4 nitrogen and oxygen atoms in total. The molecule has 0 aliphatic rings. The maximum atomic E-state index is 12.1. The van der Waals surface area contributed by atoms with Gasteiger partial charge in [-0.1, -0.05) is 0 Å². The lowest BCUT2D eigenvalue weighted by Crippen LogP contribution is -2.16. The standard InChI is InChI=1S/C8H9F3N2O2S/c1-2-16(14,15)13-7-4-3-6(5-12-7)8(9,10)11/h3-5H,2H2,1H3,(H,12,13). The number of alkyl halides is 3. The summed E-state index contributed by atoms with van der Waals surface area (Å²) in [4.78, 5) is 3.37. The predicted octanol–water partition coefficient (Wildman–Crippen LogP) is 1.86. The van der Waals surface area contributed by atoms with E-state index in [0.717, 1.165) is 12.1 Å². The van der Waals surface area contributed by atoms with Crippen molar-refractivity contribution in [3.8, 4) is 0 Å². The largest absolute Gasteiger partial charge is 0.417 e. The van der Waals surface area contributed by atoms with Crippen LogP contribution in [-0.4, -0.2) is 19.2 Å². The van der Waals surface area contributed by atoms with Crippen molar-refractivity contribution in [1.82, 2.24) is 4.98 Å². The van der Waals surface area contributed by atoms with Crippen LogP contribution in [0.15, 0.2) is 18.3 Å². The average molecular weight is 254 g/mol. The van der Waals surface area contributed by atoms with E-state index in [0.29, 0.717) is 6.20 Å². The molecule has 0 saturated carbocycles. The molecule has 0 atom stereocenters. The Morgan fingerprint density at radius 3 is 2.38 bits per heavy atom. The normalized spacial score (nSPS) is 12.5. The van der Waals surface area contributed by atoms with Crippen LogP contribution in [0.3, 0.4) is 0 Å². The van der Waals surface area contributed by atoms with Gasteiger partial charge in [-0.15, -0.1) is 0 Å². The maximum Gasteiger partial charge on any atom is 0.417 e. The molecule has 0 spiro atoms. The second kappa shape index (κ2) is 4.28. The highest BCUT2D eigenvalue weighted by Crippen LogP contribution is 2.28. The number of sulfonamides is 1. The van der Waals surface area contributed by atoms with Crippen LogP contribution in [0.1, 0.15) is 12.5 Å². The maximum absolute atomic E-state index is 12.1. The summed E-state index contributed by atoms with van der Waals surface area (Å²) in [6, 6.07) is 1.73. The van der Waals surface area contributed by atoms with Crippen LogP contribution in [0, 0.1) is 0 Å². The average Bonchev–Trinajstić information content (AvgIpc) is 2.16. The van der Waals surface area contributed by atoms with Crippen molar-refractivity contribution < 1.29 is 21.6 Å². The Morgan fingerprint density at radius 2 is 2.00 bits per heavy atom. The molecule has 1 N–H and O–H groups in total. The number of nitrogens with one attached hydrogen (secondary N) is 1. The monoisotopic (exact) mass is 254 g/mol. The Bertz CT molecular complexity index is 453. The second-order valence-corrected chi connectivity index (χ2v) is 4.95. The first-order valence-electron chi connectivity index (χ1n) is 4.28. The van der Waals surface area contributed by atoms with Gasteiger partial charge < -0.3 is 0 Å². The summed E-state index contributed by atoms with van der Waals surface area (Å²) in [5.41, 5.74) is -0.924. The first-order chi connectivity index (χ1) is 7.24. The van der Waals surface area contributed by atoms with Gasteiger partial charge in [0.2, 0.25) is 10.0 Å². The molecular weight excluding hydrogens is 245 g/mol. The molecule has 1 aromatic rings. The third-order valence-electron chi connectivity index (χ3n) is 1.73. The molecule has 1 rings (SSSR count). The van der Waals surface area contributed by atoms with E-state index >= 15 is 0 Å². The van der Waals surface area contributed by atoms with Crippen molar-refractivity contribution >= 4 is 15.8 Å². The van der Waals surface area contributed by atoms with E-state index in [1.165, 1.54) is 6.92 Å². The van der Waals surface area contributed by atoms with Gasteiger partial charge in [0, 0.05) is 6.20 Å². The van der Waals surface area contributed by atoms with Gasteiger partial charge in [-0.2, -0.15) is 13.2 Å². The van der Waals surface area contributed by atoms with Crippen LogP contribution in [-0.2, 0) is 16.2 Å². The Morgan fingerprint density at radius 1 is 1.38 bits per heavy atom. The van der Waals surface area contributed by atoms with Crippen molar-refractivity contribution in [2.45, 2.75) is 13.1 Å². The van der Waals surface area contributed by atoms with Crippen LogP contribution >= 0.6 is 0 Å². The summed E-state index contributed by atoms with van der Waals surface area (Å²) in [7, 11) is -3.51. The topological polar surface area (TPSA) is 59.1 Å². The molecule has 0 fully saturated rings. The highest BCUT2D eigenvalue weighted by Gasteiger charge is 2.30. The SMILES string of the molecule is CCS(=O)(=O)Nc1ccc(C(F)(F)F)cn1. The lowest BCUT2D eigenvalue weighted by atomic mass is 10.3.